The van der Waals surface area contributed by atoms with Crippen molar-refractivity contribution < 1.29 is 32.0 Å². The van der Waals surface area contributed by atoms with Crippen LogP contribution in [0, 0.1) is 6.92 Å². The Morgan fingerprint density at radius 1 is 1.31 bits per heavy atom. The average Bonchev–Trinajstić information content (AvgIpc) is 2.95. The van der Waals surface area contributed by atoms with E-state index in [1.54, 1.807) is 6.92 Å². The molecule has 0 saturated carbocycles. The number of carbonyl (C=O) groups is 2. The number of alkyl halides is 3. The molecule has 6 nitrogen and oxygen atoms in total. The minimum Gasteiger partial charge on any atom is -0.449 e. The van der Waals surface area contributed by atoms with Gasteiger partial charge in [-0.3, -0.25) is 4.79 Å². The van der Waals surface area contributed by atoms with Gasteiger partial charge in [-0.2, -0.15) is 13.2 Å². The second-order valence-corrected chi connectivity index (χ2v) is 5.49. The summed E-state index contributed by atoms with van der Waals surface area (Å²) in [6, 6.07) is 4.54. The molecule has 1 N–H and O–H groups in total. The molecule has 0 aliphatic carbocycles. The molecule has 26 heavy (non-hydrogen) atoms. The number of halogens is 3. The maximum atomic E-state index is 13.0. The van der Waals surface area contributed by atoms with Crippen LogP contribution in [-0.4, -0.2) is 23.1 Å². The lowest BCUT2D eigenvalue weighted by Crippen LogP contribution is -2.31. The maximum Gasteiger partial charge on any atom is 0.418 e. The number of hydrogen-bond donors (Lipinski definition) is 1. The molecule has 0 radical (unpaired) electrons. The number of nitrogens with one attached hydrogen (secondary N) is 1. The van der Waals surface area contributed by atoms with Crippen LogP contribution < -0.4 is 5.32 Å². The first-order valence-electron chi connectivity index (χ1n) is 7.78. The fourth-order valence-corrected chi connectivity index (χ4v) is 2.27. The SMILES string of the molecule is CCc1noc(C)c1C(=O)OC(C)C(=O)Nc1ccccc1C(F)(F)F. The van der Waals surface area contributed by atoms with Crippen molar-refractivity contribution in [1.82, 2.24) is 5.16 Å². The first-order chi connectivity index (χ1) is 12.1. The van der Waals surface area contributed by atoms with Crippen LogP contribution in [0.3, 0.4) is 0 Å². The normalized spacial score (nSPS) is 12.5. The molecule has 1 amide bonds. The van der Waals surface area contributed by atoms with Gasteiger partial charge in [0.1, 0.15) is 11.3 Å². The molecule has 2 aromatic rings. The Labute approximate surface area is 147 Å². The zero-order valence-electron chi connectivity index (χ0n) is 14.3. The predicted molar refractivity (Wildman–Crippen MR) is 85.6 cm³/mol. The maximum absolute atomic E-state index is 13.0. The average molecular weight is 370 g/mol. The number of hydrogen-bond acceptors (Lipinski definition) is 5. The number of nitrogens with zero attached hydrogens (tertiary/aromatic N) is 1. The lowest BCUT2D eigenvalue weighted by Gasteiger charge is -2.16. The Kier molecular flexibility index (Phi) is 5.69. The molecule has 0 bridgehead atoms. The molecular weight excluding hydrogens is 353 g/mol. The number of carbonyl (C=O) groups excluding carboxylic acids is 2. The molecule has 1 unspecified atom stereocenters. The zero-order valence-corrected chi connectivity index (χ0v) is 14.3. The number of aromatic nitrogens is 1. The first kappa shape index (κ1) is 19.5. The highest BCUT2D eigenvalue weighted by Gasteiger charge is 2.34. The number of amides is 1. The lowest BCUT2D eigenvalue weighted by atomic mass is 10.1. The van der Waals surface area contributed by atoms with Gasteiger partial charge in [-0.05, 0) is 32.4 Å². The van der Waals surface area contributed by atoms with Crippen LogP contribution >= 0.6 is 0 Å². The summed E-state index contributed by atoms with van der Waals surface area (Å²) in [4.78, 5) is 24.4. The summed E-state index contributed by atoms with van der Waals surface area (Å²) in [5, 5.41) is 5.85. The number of aryl methyl sites for hydroxylation is 2. The molecule has 0 fully saturated rings. The fraction of sp³-hybridized carbons (Fsp3) is 0.353. The largest absolute Gasteiger partial charge is 0.449 e. The van der Waals surface area contributed by atoms with Gasteiger partial charge in [-0.1, -0.05) is 24.2 Å². The van der Waals surface area contributed by atoms with E-state index in [0.717, 1.165) is 12.1 Å². The van der Waals surface area contributed by atoms with E-state index in [4.69, 9.17) is 9.26 Å². The summed E-state index contributed by atoms with van der Waals surface area (Å²) >= 11 is 0. The van der Waals surface area contributed by atoms with Crippen molar-refractivity contribution in [1.29, 1.82) is 0 Å². The van der Waals surface area contributed by atoms with Gasteiger partial charge in [0.05, 0.1) is 16.9 Å². The minimum absolute atomic E-state index is 0.114. The Hall–Kier alpha value is -2.84. The smallest absolute Gasteiger partial charge is 0.418 e. The van der Waals surface area contributed by atoms with Crippen molar-refractivity contribution in [3.8, 4) is 0 Å². The molecule has 1 aromatic carbocycles. The van der Waals surface area contributed by atoms with Crippen LogP contribution in [0.25, 0.3) is 0 Å². The minimum atomic E-state index is -4.63. The molecule has 1 atom stereocenters. The molecule has 9 heteroatoms. The number of ether oxygens (including phenoxy) is 1. The van der Waals surface area contributed by atoms with Crippen LogP contribution in [0.15, 0.2) is 28.8 Å². The predicted octanol–water partition coefficient (Wildman–Crippen LogP) is 3.75. The molecule has 1 aromatic heterocycles. The second kappa shape index (κ2) is 7.59. The molecule has 0 aliphatic rings. The fourth-order valence-electron chi connectivity index (χ4n) is 2.27. The second-order valence-electron chi connectivity index (χ2n) is 5.49. The van der Waals surface area contributed by atoms with E-state index in [0.29, 0.717) is 12.1 Å². The third-order valence-electron chi connectivity index (χ3n) is 3.62. The van der Waals surface area contributed by atoms with Crippen LogP contribution in [-0.2, 0) is 22.1 Å². The van der Waals surface area contributed by atoms with E-state index in [1.165, 1.54) is 26.0 Å². The molecule has 140 valence electrons. The number of para-hydroxylation sites is 1. The van der Waals surface area contributed by atoms with Crippen LogP contribution in [0.2, 0.25) is 0 Å². The van der Waals surface area contributed by atoms with Gasteiger partial charge in [-0.15, -0.1) is 0 Å². The van der Waals surface area contributed by atoms with Crippen molar-refractivity contribution in [2.24, 2.45) is 0 Å². The number of anilines is 1. The highest BCUT2D eigenvalue weighted by atomic mass is 19.4. The van der Waals surface area contributed by atoms with Crippen LogP contribution in [0.5, 0.6) is 0 Å². The molecule has 2 rings (SSSR count). The summed E-state index contributed by atoms with van der Waals surface area (Å²) in [5.41, 5.74) is -0.913. The van der Waals surface area contributed by atoms with Crippen molar-refractivity contribution >= 4 is 17.6 Å². The van der Waals surface area contributed by atoms with Gasteiger partial charge in [0.2, 0.25) is 0 Å². The van der Waals surface area contributed by atoms with E-state index in [2.05, 4.69) is 10.5 Å². The third kappa shape index (κ3) is 4.22. The standard InChI is InChI=1S/C17H17F3N2O4/c1-4-12-14(9(2)26-22-12)16(24)25-10(3)15(23)21-13-8-6-5-7-11(13)17(18,19)20/h5-8,10H,4H2,1-3H3,(H,21,23). The quantitative estimate of drug-likeness (QED) is 0.811. The summed E-state index contributed by atoms with van der Waals surface area (Å²) in [6.07, 6.45) is -5.52. The van der Waals surface area contributed by atoms with Crippen molar-refractivity contribution in [3.05, 3.63) is 46.8 Å². The van der Waals surface area contributed by atoms with Crippen molar-refractivity contribution in [3.63, 3.8) is 0 Å². The van der Waals surface area contributed by atoms with Gasteiger partial charge in [0.25, 0.3) is 5.91 Å². The molecule has 0 spiro atoms. The van der Waals surface area contributed by atoms with E-state index < -0.39 is 35.4 Å². The monoisotopic (exact) mass is 370 g/mol. The molecule has 0 aliphatic heterocycles. The lowest BCUT2D eigenvalue weighted by molar-refractivity contribution is -0.137. The van der Waals surface area contributed by atoms with Gasteiger partial charge >= 0.3 is 12.1 Å². The zero-order chi connectivity index (χ0) is 19.5. The highest BCUT2D eigenvalue weighted by molar-refractivity contribution is 5.98. The van der Waals surface area contributed by atoms with Crippen LogP contribution in [0.4, 0.5) is 18.9 Å². The Morgan fingerprint density at radius 2 is 1.96 bits per heavy atom. The molecule has 1 heterocycles. The first-order valence-corrected chi connectivity index (χ1v) is 7.78. The summed E-state index contributed by atoms with van der Waals surface area (Å²) in [6.45, 7) is 4.54. The Morgan fingerprint density at radius 3 is 2.58 bits per heavy atom. The van der Waals surface area contributed by atoms with Gasteiger partial charge < -0.3 is 14.6 Å². The summed E-state index contributed by atoms with van der Waals surface area (Å²) < 4.78 is 48.9. The van der Waals surface area contributed by atoms with E-state index in [1.807, 2.05) is 0 Å². The molecule has 0 saturated heterocycles. The highest BCUT2D eigenvalue weighted by Crippen LogP contribution is 2.34. The van der Waals surface area contributed by atoms with E-state index in [-0.39, 0.29) is 11.3 Å². The van der Waals surface area contributed by atoms with Crippen molar-refractivity contribution in [2.45, 2.75) is 39.5 Å². The van der Waals surface area contributed by atoms with Gasteiger partial charge in [0.15, 0.2) is 6.10 Å². The topological polar surface area (TPSA) is 81.4 Å². The van der Waals surface area contributed by atoms with E-state index >= 15 is 0 Å². The van der Waals surface area contributed by atoms with Crippen LogP contribution in [0.1, 0.15) is 41.2 Å². The van der Waals surface area contributed by atoms with E-state index in [9.17, 15) is 22.8 Å². The number of esters is 1. The van der Waals surface area contributed by atoms with Crippen molar-refractivity contribution in [2.75, 3.05) is 5.32 Å². The summed E-state index contributed by atoms with van der Waals surface area (Å²) in [5.74, 6) is -1.48. The third-order valence-corrected chi connectivity index (χ3v) is 3.62. The van der Waals surface area contributed by atoms with Gasteiger partial charge in [-0.25, -0.2) is 4.79 Å². The Bertz CT molecular complexity index is 815. The summed E-state index contributed by atoms with van der Waals surface area (Å²) in [7, 11) is 0. The van der Waals surface area contributed by atoms with Gasteiger partial charge in [0, 0.05) is 0 Å². The number of benzene rings is 1. The number of rotatable bonds is 5. The Balaban J connectivity index is 2.12. The molecular formula is C17H17F3N2O4.